The van der Waals surface area contributed by atoms with Crippen LogP contribution in [0.15, 0.2) is 24.3 Å². The lowest BCUT2D eigenvalue weighted by molar-refractivity contribution is 0.268. The lowest BCUT2D eigenvalue weighted by Crippen LogP contribution is -2.26. The van der Waals surface area contributed by atoms with Gasteiger partial charge >= 0.3 is 0 Å². The van der Waals surface area contributed by atoms with Crippen molar-refractivity contribution in [2.24, 2.45) is 0 Å². The fraction of sp³-hybridized carbons (Fsp3) is 0.462. The molecule has 1 aromatic rings. The van der Waals surface area contributed by atoms with E-state index in [1.165, 1.54) is 0 Å². The molecule has 0 aliphatic heterocycles. The molecule has 0 bridgehead atoms. The fourth-order valence-electron chi connectivity index (χ4n) is 1.41. The molecule has 0 aromatic heterocycles. The van der Waals surface area contributed by atoms with Crippen LogP contribution in [-0.2, 0) is 6.54 Å². The summed E-state index contributed by atoms with van der Waals surface area (Å²) in [6.45, 7) is 3.08. The average Bonchev–Trinajstić information content (AvgIpc) is 2.35. The van der Waals surface area contributed by atoms with Gasteiger partial charge in [0.1, 0.15) is 11.8 Å². The van der Waals surface area contributed by atoms with Crippen LogP contribution in [0.3, 0.4) is 0 Å². The molecule has 2 N–H and O–H groups in total. The van der Waals surface area contributed by atoms with Gasteiger partial charge in [0.15, 0.2) is 6.61 Å². The van der Waals surface area contributed by atoms with Gasteiger partial charge < -0.3 is 15.2 Å². The number of rotatable bonds is 7. The van der Waals surface area contributed by atoms with Gasteiger partial charge in [-0.3, -0.25) is 0 Å². The Labute approximate surface area is 102 Å². The number of aliphatic hydroxyl groups is 1. The number of benzene rings is 1. The third kappa shape index (κ3) is 5.34. The second-order valence-electron chi connectivity index (χ2n) is 3.88. The second-order valence-corrected chi connectivity index (χ2v) is 3.88. The van der Waals surface area contributed by atoms with E-state index in [2.05, 4.69) is 5.32 Å². The molecule has 1 atom stereocenters. The summed E-state index contributed by atoms with van der Waals surface area (Å²) < 4.78 is 5.16. The smallest absolute Gasteiger partial charge is 0.174 e. The Morgan fingerprint density at radius 1 is 1.41 bits per heavy atom. The number of hydrogen-bond acceptors (Lipinski definition) is 4. The first kappa shape index (κ1) is 13.5. The highest BCUT2D eigenvalue weighted by Gasteiger charge is 2.00. The number of hydrogen-bond donors (Lipinski definition) is 2. The molecular weight excluding hydrogens is 216 g/mol. The van der Waals surface area contributed by atoms with Gasteiger partial charge in [0.05, 0.1) is 0 Å². The van der Waals surface area contributed by atoms with Crippen molar-refractivity contribution < 1.29 is 9.84 Å². The largest absolute Gasteiger partial charge is 0.479 e. The molecule has 0 aliphatic carbocycles. The molecule has 1 unspecified atom stereocenters. The van der Waals surface area contributed by atoms with Crippen molar-refractivity contribution in [3.63, 3.8) is 0 Å². The normalized spacial score (nSPS) is 11.8. The molecule has 1 aromatic carbocycles. The molecule has 0 fully saturated rings. The predicted octanol–water partition coefficient (Wildman–Crippen LogP) is 1.45. The zero-order chi connectivity index (χ0) is 12.5. The Kier molecular flexibility index (Phi) is 6.08. The van der Waals surface area contributed by atoms with Crippen LogP contribution in [0.4, 0.5) is 0 Å². The van der Waals surface area contributed by atoms with Gasteiger partial charge in [-0.05, 0) is 31.0 Å². The molecular formula is C13H18N2O2. The van der Waals surface area contributed by atoms with Gasteiger partial charge in [-0.15, -0.1) is 0 Å². The van der Waals surface area contributed by atoms with Crippen LogP contribution < -0.4 is 10.1 Å². The second kappa shape index (κ2) is 7.66. The summed E-state index contributed by atoms with van der Waals surface area (Å²) in [5.74, 6) is 0.707. The molecule has 4 heteroatoms. The standard InChI is InChI=1S/C13H18N2O2/c1-11(6-8-16)15-10-12-2-4-13(5-3-12)17-9-7-14/h2-5,11,15-16H,6,8-10H2,1H3. The molecule has 0 saturated carbocycles. The minimum absolute atomic E-state index is 0.0745. The van der Waals surface area contributed by atoms with E-state index in [-0.39, 0.29) is 13.2 Å². The van der Waals surface area contributed by atoms with E-state index in [0.29, 0.717) is 11.8 Å². The van der Waals surface area contributed by atoms with E-state index in [4.69, 9.17) is 15.1 Å². The number of nitriles is 1. The monoisotopic (exact) mass is 234 g/mol. The summed E-state index contributed by atoms with van der Waals surface area (Å²) in [7, 11) is 0. The lowest BCUT2D eigenvalue weighted by atomic mass is 10.2. The molecule has 0 heterocycles. The van der Waals surface area contributed by atoms with E-state index in [9.17, 15) is 0 Å². The number of nitrogens with one attached hydrogen (secondary N) is 1. The summed E-state index contributed by atoms with van der Waals surface area (Å²) in [5.41, 5.74) is 1.15. The maximum absolute atomic E-state index is 8.77. The van der Waals surface area contributed by atoms with Crippen molar-refractivity contribution in [1.82, 2.24) is 5.32 Å². The first-order chi connectivity index (χ1) is 8.26. The topological polar surface area (TPSA) is 65.3 Å². The summed E-state index contributed by atoms with van der Waals surface area (Å²) in [4.78, 5) is 0. The number of aliphatic hydroxyl groups excluding tert-OH is 1. The maximum Gasteiger partial charge on any atom is 0.174 e. The van der Waals surface area contributed by atoms with Crippen LogP contribution in [0, 0.1) is 11.3 Å². The van der Waals surface area contributed by atoms with E-state index < -0.39 is 0 Å². The summed E-state index contributed by atoms with van der Waals surface area (Å²) in [6, 6.07) is 9.86. The highest BCUT2D eigenvalue weighted by molar-refractivity contribution is 5.27. The molecule has 0 spiro atoms. The van der Waals surface area contributed by atoms with Crippen molar-refractivity contribution in [2.75, 3.05) is 13.2 Å². The molecule has 92 valence electrons. The van der Waals surface area contributed by atoms with Gasteiger partial charge in [0, 0.05) is 19.2 Å². The molecule has 0 saturated heterocycles. The predicted molar refractivity (Wildman–Crippen MR) is 65.6 cm³/mol. The van der Waals surface area contributed by atoms with Crippen LogP contribution in [0.1, 0.15) is 18.9 Å². The minimum Gasteiger partial charge on any atom is -0.479 e. The molecule has 0 aliphatic rings. The van der Waals surface area contributed by atoms with E-state index in [0.717, 1.165) is 18.5 Å². The van der Waals surface area contributed by atoms with Gasteiger partial charge in [-0.25, -0.2) is 0 Å². The summed E-state index contributed by atoms with van der Waals surface area (Å²) >= 11 is 0. The minimum atomic E-state index is 0.0745. The SMILES string of the molecule is CC(CCO)NCc1ccc(OCC#N)cc1. The zero-order valence-corrected chi connectivity index (χ0v) is 10.0. The zero-order valence-electron chi connectivity index (χ0n) is 10.0. The molecule has 0 amide bonds. The summed E-state index contributed by atoms with van der Waals surface area (Å²) in [6.07, 6.45) is 0.753. The highest BCUT2D eigenvalue weighted by Crippen LogP contribution is 2.12. The van der Waals surface area contributed by atoms with Crippen LogP contribution in [0.5, 0.6) is 5.75 Å². The third-order valence-electron chi connectivity index (χ3n) is 2.44. The molecule has 4 nitrogen and oxygen atoms in total. The van der Waals surface area contributed by atoms with E-state index >= 15 is 0 Å². The average molecular weight is 234 g/mol. The Balaban J connectivity index is 2.37. The van der Waals surface area contributed by atoms with Crippen molar-refractivity contribution >= 4 is 0 Å². The van der Waals surface area contributed by atoms with Crippen molar-refractivity contribution in [1.29, 1.82) is 5.26 Å². The maximum atomic E-state index is 8.77. The first-order valence-electron chi connectivity index (χ1n) is 5.69. The van der Waals surface area contributed by atoms with Crippen molar-refractivity contribution in [2.45, 2.75) is 25.9 Å². The molecule has 0 radical (unpaired) electrons. The van der Waals surface area contributed by atoms with Crippen LogP contribution in [0.25, 0.3) is 0 Å². The van der Waals surface area contributed by atoms with E-state index in [1.54, 1.807) is 0 Å². The Morgan fingerprint density at radius 2 is 2.12 bits per heavy atom. The van der Waals surface area contributed by atoms with Crippen molar-refractivity contribution in [3.05, 3.63) is 29.8 Å². The summed E-state index contributed by atoms with van der Waals surface area (Å²) in [5, 5.41) is 20.5. The van der Waals surface area contributed by atoms with Crippen LogP contribution >= 0.6 is 0 Å². The first-order valence-corrected chi connectivity index (χ1v) is 5.69. The third-order valence-corrected chi connectivity index (χ3v) is 2.44. The van der Waals surface area contributed by atoms with Crippen LogP contribution in [-0.4, -0.2) is 24.4 Å². The quantitative estimate of drug-likeness (QED) is 0.749. The van der Waals surface area contributed by atoms with Crippen molar-refractivity contribution in [3.8, 4) is 11.8 Å². The molecule has 1 rings (SSSR count). The fourth-order valence-corrected chi connectivity index (χ4v) is 1.41. The highest BCUT2D eigenvalue weighted by atomic mass is 16.5. The number of nitrogens with zero attached hydrogens (tertiary/aromatic N) is 1. The lowest BCUT2D eigenvalue weighted by Gasteiger charge is -2.12. The van der Waals surface area contributed by atoms with Gasteiger partial charge in [-0.1, -0.05) is 12.1 Å². The Bertz CT molecular complexity index is 357. The Hall–Kier alpha value is -1.57. The van der Waals surface area contributed by atoms with Gasteiger partial charge in [0.25, 0.3) is 0 Å². The van der Waals surface area contributed by atoms with Gasteiger partial charge in [0.2, 0.25) is 0 Å². The number of ether oxygens (including phenoxy) is 1. The van der Waals surface area contributed by atoms with Gasteiger partial charge in [-0.2, -0.15) is 5.26 Å². The van der Waals surface area contributed by atoms with Crippen LogP contribution in [0.2, 0.25) is 0 Å². The molecule has 17 heavy (non-hydrogen) atoms. The van der Waals surface area contributed by atoms with E-state index in [1.807, 2.05) is 37.3 Å². The Morgan fingerprint density at radius 3 is 2.71 bits per heavy atom.